The van der Waals surface area contributed by atoms with Gasteiger partial charge in [-0.1, -0.05) is 70.0 Å². The van der Waals surface area contributed by atoms with Crippen LogP contribution in [0.3, 0.4) is 0 Å². The largest absolute Gasteiger partial charge is 0.476 e. The molecule has 1 N–H and O–H groups in total. The van der Waals surface area contributed by atoms with Gasteiger partial charge in [0.25, 0.3) is 0 Å². The van der Waals surface area contributed by atoms with E-state index in [0.717, 1.165) is 15.6 Å². The summed E-state index contributed by atoms with van der Waals surface area (Å²) in [4.78, 5) is 4.49. The smallest absolute Gasteiger partial charge is 0.181 e. The maximum absolute atomic E-state index is 12.3. The summed E-state index contributed by atoms with van der Waals surface area (Å²) in [6.45, 7) is 0. The fraction of sp³-hybridized carbons (Fsp3) is 0.261. The number of halogens is 2. The summed E-state index contributed by atoms with van der Waals surface area (Å²) in [6, 6.07) is 19.7. The van der Waals surface area contributed by atoms with E-state index >= 15 is 0 Å². The van der Waals surface area contributed by atoms with Crippen LogP contribution in [-0.2, 0) is 15.9 Å². The number of nitrogens with zero attached hydrogens (tertiary/aromatic N) is 1. The second-order valence-electron chi connectivity index (χ2n) is 7.53. The SMILES string of the molecule is COC1C[C@@H](c2ccccc2)[C@]2(c3ccc(Br)cc3)Oc3cc(Cl)cnc3[C@]12O. The molecule has 29 heavy (non-hydrogen) atoms. The van der Waals surface area contributed by atoms with E-state index < -0.39 is 17.3 Å². The Hall–Kier alpha value is -1.92. The van der Waals surface area contributed by atoms with Gasteiger partial charge in [-0.3, -0.25) is 4.98 Å². The van der Waals surface area contributed by atoms with E-state index in [4.69, 9.17) is 21.1 Å². The first kappa shape index (κ1) is 19.1. The number of hydrogen-bond acceptors (Lipinski definition) is 4. The van der Waals surface area contributed by atoms with Gasteiger partial charge in [-0.25, -0.2) is 0 Å². The number of benzene rings is 2. The summed E-state index contributed by atoms with van der Waals surface area (Å²) in [5.41, 5.74) is -0.140. The normalized spacial score (nSPS) is 29.9. The van der Waals surface area contributed by atoms with Crippen molar-refractivity contribution in [1.29, 1.82) is 0 Å². The predicted molar refractivity (Wildman–Crippen MR) is 114 cm³/mol. The number of aliphatic hydroxyl groups is 1. The molecule has 0 bridgehead atoms. The Morgan fingerprint density at radius 2 is 1.90 bits per heavy atom. The third-order valence-electron chi connectivity index (χ3n) is 6.18. The average Bonchev–Trinajstić information content (AvgIpc) is 3.13. The molecule has 1 fully saturated rings. The van der Waals surface area contributed by atoms with Gasteiger partial charge in [-0.05, 0) is 29.7 Å². The van der Waals surface area contributed by atoms with Crippen LogP contribution in [-0.4, -0.2) is 23.3 Å². The molecule has 0 amide bonds. The number of methoxy groups -OCH3 is 1. The van der Waals surface area contributed by atoms with Crippen molar-refractivity contribution < 1.29 is 14.6 Å². The monoisotopic (exact) mass is 471 g/mol. The summed E-state index contributed by atoms with van der Waals surface area (Å²) in [7, 11) is 1.62. The summed E-state index contributed by atoms with van der Waals surface area (Å²) in [6.07, 6.45) is 1.64. The molecule has 0 spiro atoms. The van der Waals surface area contributed by atoms with Crippen LogP contribution in [0.15, 0.2) is 71.3 Å². The molecule has 1 unspecified atom stereocenters. The summed E-state index contributed by atoms with van der Waals surface area (Å²) >= 11 is 9.70. The Labute approximate surface area is 182 Å². The summed E-state index contributed by atoms with van der Waals surface area (Å²) in [5.74, 6) is 0.346. The minimum Gasteiger partial charge on any atom is -0.476 e. The third-order valence-corrected chi connectivity index (χ3v) is 6.92. The third kappa shape index (κ3) is 2.55. The molecular formula is C23H19BrClNO3. The van der Waals surface area contributed by atoms with Gasteiger partial charge in [-0.15, -0.1) is 0 Å². The van der Waals surface area contributed by atoms with Gasteiger partial charge >= 0.3 is 0 Å². The molecule has 2 heterocycles. The Balaban J connectivity index is 1.81. The van der Waals surface area contributed by atoms with Crippen molar-refractivity contribution in [3.63, 3.8) is 0 Å². The van der Waals surface area contributed by atoms with Crippen LogP contribution < -0.4 is 4.74 Å². The van der Waals surface area contributed by atoms with Crippen molar-refractivity contribution in [2.24, 2.45) is 0 Å². The molecule has 148 valence electrons. The molecule has 1 aromatic heterocycles. The molecule has 0 radical (unpaired) electrons. The van der Waals surface area contributed by atoms with Gasteiger partial charge in [-0.2, -0.15) is 0 Å². The fourth-order valence-corrected chi connectivity index (χ4v) is 5.40. The molecule has 2 aliphatic rings. The maximum Gasteiger partial charge on any atom is 0.181 e. The lowest BCUT2D eigenvalue weighted by atomic mass is 9.72. The van der Waals surface area contributed by atoms with E-state index in [1.807, 2.05) is 42.5 Å². The lowest BCUT2D eigenvalue weighted by molar-refractivity contribution is -0.159. The van der Waals surface area contributed by atoms with Gasteiger partial charge in [0, 0.05) is 29.8 Å². The molecule has 6 heteroatoms. The molecular weight excluding hydrogens is 454 g/mol. The molecule has 4 nitrogen and oxygen atoms in total. The lowest BCUT2D eigenvalue weighted by Crippen LogP contribution is -2.52. The van der Waals surface area contributed by atoms with Crippen LogP contribution in [0.2, 0.25) is 5.02 Å². The highest BCUT2D eigenvalue weighted by atomic mass is 79.9. The molecule has 0 saturated heterocycles. The quantitative estimate of drug-likeness (QED) is 0.571. The first-order valence-electron chi connectivity index (χ1n) is 9.42. The molecule has 1 aliphatic carbocycles. The lowest BCUT2D eigenvalue weighted by Gasteiger charge is -2.40. The Bertz CT molecular complexity index is 1060. The Kier molecular flexibility index (Phi) is 4.48. The van der Waals surface area contributed by atoms with E-state index in [9.17, 15) is 5.11 Å². The van der Waals surface area contributed by atoms with Gasteiger partial charge in [0.1, 0.15) is 11.4 Å². The summed E-state index contributed by atoms with van der Waals surface area (Å²) < 4.78 is 13.4. The molecule has 4 atom stereocenters. The molecule has 2 aromatic carbocycles. The van der Waals surface area contributed by atoms with Crippen molar-refractivity contribution in [2.75, 3.05) is 7.11 Å². The van der Waals surface area contributed by atoms with Gasteiger partial charge in [0.2, 0.25) is 0 Å². The van der Waals surface area contributed by atoms with E-state index in [2.05, 4.69) is 33.0 Å². The van der Waals surface area contributed by atoms with Gasteiger partial charge in [0.15, 0.2) is 11.2 Å². The first-order valence-corrected chi connectivity index (χ1v) is 10.6. The highest BCUT2D eigenvalue weighted by Crippen LogP contribution is 2.66. The van der Waals surface area contributed by atoms with E-state index in [0.29, 0.717) is 22.9 Å². The van der Waals surface area contributed by atoms with Crippen LogP contribution in [0.5, 0.6) is 5.75 Å². The second kappa shape index (κ2) is 6.81. The molecule has 1 aliphatic heterocycles. The average molecular weight is 473 g/mol. The number of pyridine rings is 1. The summed E-state index contributed by atoms with van der Waals surface area (Å²) in [5, 5.41) is 12.7. The van der Waals surface area contributed by atoms with E-state index in [-0.39, 0.29) is 5.92 Å². The first-order chi connectivity index (χ1) is 14.0. The molecule has 1 saturated carbocycles. The van der Waals surface area contributed by atoms with Crippen LogP contribution in [0.25, 0.3) is 0 Å². The zero-order valence-corrected chi connectivity index (χ0v) is 18.0. The zero-order chi connectivity index (χ0) is 20.2. The predicted octanol–water partition coefficient (Wildman–Crippen LogP) is 5.18. The topological polar surface area (TPSA) is 51.6 Å². The van der Waals surface area contributed by atoms with Crippen LogP contribution >= 0.6 is 27.5 Å². The van der Waals surface area contributed by atoms with Crippen molar-refractivity contribution in [3.8, 4) is 5.75 Å². The highest BCUT2D eigenvalue weighted by molar-refractivity contribution is 9.10. The molecule has 5 rings (SSSR count). The minimum atomic E-state index is -1.46. The van der Waals surface area contributed by atoms with Crippen LogP contribution in [0.1, 0.15) is 29.2 Å². The number of ether oxygens (including phenoxy) is 2. The number of aromatic nitrogens is 1. The Morgan fingerprint density at radius 3 is 2.59 bits per heavy atom. The van der Waals surface area contributed by atoms with Crippen molar-refractivity contribution in [3.05, 3.63) is 93.2 Å². The van der Waals surface area contributed by atoms with Crippen LogP contribution in [0.4, 0.5) is 0 Å². The number of hydrogen-bond donors (Lipinski definition) is 1. The van der Waals surface area contributed by atoms with Gasteiger partial charge < -0.3 is 14.6 Å². The van der Waals surface area contributed by atoms with Crippen LogP contribution in [0, 0.1) is 0 Å². The van der Waals surface area contributed by atoms with Gasteiger partial charge in [0.05, 0.1) is 11.1 Å². The van der Waals surface area contributed by atoms with E-state index in [1.54, 1.807) is 19.4 Å². The minimum absolute atomic E-state index is 0.146. The number of fused-ring (bicyclic) bond motifs is 3. The van der Waals surface area contributed by atoms with Crippen molar-refractivity contribution >= 4 is 27.5 Å². The zero-order valence-electron chi connectivity index (χ0n) is 15.7. The van der Waals surface area contributed by atoms with Crippen molar-refractivity contribution in [2.45, 2.75) is 29.6 Å². The fourth-order valence-electron chi connectivity index (χ4n) is 4.99. The standard InChI is InChI=1S/C23H19BrClNO3/c1-28-20-12-18(14-5-3-2-4-6-14)23(15-7-9-16(24)10-8-15)22(20,27)21-19(29-23)11-17(25)13-26-21/h2-11,13,18,20,27H,12H2,1H3/t18-,20?,22+,23-/m0/s1. The Morgan fingerprint density at radius 1 is 1.17 bits per heavy atom. The highest BCUT2D eigenvalue weighted by Gasteiger charge is 2.74. The maximum atomic E-state index is 12.3. The van der Waals surface area contributed by atoms with Crippen molar-refractivity contribution in [1.82, 2.24) is 4.98 Å². The second-order valence-corrected chi connectivity index (χ2v) is 8.89. The van der Waals surface area contributed by atoms with E-state index in [1.165, 1.54) is 0 Å². The number of rotatable bonds is 3. The molecule has 3 aromatic rings.